The monoisotopic (exact) mass is 272 g/mol. The SMILES string of the molecule is Cc1cc(N)ccc1N1C(=O)CC2(CCCCC2)C1=O. The molecule has 2 fully saturated rings. The van der Waals surface area contributed by atoms with Crippen molar-refractivity contribution in [1.82, 2.24) is 0 Å². The van der Waals surface area contributed by atoms with Crippen molar-refractivity contribution in [2.45, 2.75) is 45.4 Å². The van der Waals surface area contributed by atoms with Gasteiger partial charge in [0.1, 0.15) is 0 Å². The molecule has 1 saturated carbocycles. The molecule has 1 heterocycles. The summed E-state index contributed by atoms with van der Waals surface area (Å²) >= 11 is 0. The average Bonchev–Trinajstić information content (AvgIpc) is 2.63. The number of nitrogen functional groups attached to an aromatic ring is 1. The fourth-order valence-electron chi connectivity index (χ4n) is 3.59. The molecule has 0 radical (unpaired) electrons. The Bertz CT molecular complexity index is 574. The van der Waals surface area contributed by atoms with E-state index in [4.69, 9.17) is 5.73 Å². The highest BCUT2D eigenvalue weighted by Gasteiger charge is 2.52. The van der Waals surface area contributed by atoms with Gasteiger partial charge in [-0.3, -0.25) is 9.59 Å². The quantitative estimate of drug-likeness (QED) is 0.631. The summed E-state index contributed by atoms with van der Waals surface area (Å²) < 4.78 is 0. The summed E-state index contributed by atoms with van der Waals surface area (Å²) in [5.41, 5.74) is 7.53. The maximum atomic E-state index is 12.8. The number of benzene rings is 1. The van der Waals surface area contributed by atoms with Crippen LogP contribution in [0.1, 0.15) is 44.1 Å². The van der Waals surface area contributed by atoms with Crippen LogP contribution in [0.2, 0.25) is 0 Å². The van der Waals surface area contributed by atoms with E-state index in [0.29, 0.717) is 17.8 Å². The molecule has 106 valence electrons. The van der Waals surface area contributed by atoms with Gasteiger partial charge in [0, 0.05) is 12.1 Å². The number of imide groups is 1. The summed E-state index contributed by atoms with van der Waals surface area (Å²) in [6.07, 6.45) is 5.34. The molecule has 0 bridgehead atoms. The fraction of sp³-hybridized carbons (Fsp3) is 0.500. The van der Waals surface area contributed by atoms with Gasteiger partial charge in [0.15, 0.2) is 0 Å². The zero-order valence-corrected chi connectivity index (χ0v) is 11.8. The predicted molar refractivity (Wildman–Crippen MR) is 78.2 cm³/mol. The second-order valence-corrected chi connectivity index (χ2v) is 6.10. The summed E-state index contributed by atoms with van der Waals surface area (Å²) in [4.78, 5) is 26.6. The number of carbonyl (C=O) groups excluding carboxylic acids is 2. The molecule has 2 aliphatic rings. The molecule has 0 atom stereocenters. The largest absolute Gasteiger partial charge is 0.399 e. The predicted octanol–water partition coefficient (Wildman–Crippen LogP) is 2.79. The van der Waals surface area contributed by atoms with E-state index in [9.17, 15) is 9.59 Å². The second kappa shape index (κ2) is 4.62. The Labute approximate surface area is 118 Å². The van der Waals surface area contributed by atoms with Crippen LogP contribution in [-0.4, -0.2) is 11.8 Å². The van der Waals surface area contributed by atoms with Crippen LogP contribution in [0, 0.1) is 12.3 Å². The van der Waals surface area contributed by atoms with Gasteiger partial charge >= 0.3 is 0 Å². The molecule has 1 aliphatic carbocycles. The molecule has 20 heavy (non-hydrogen) atoms. The van der Waals surface area contributed by atoms with Gasteiger partial charge in [0.2, 0.25) is 11.8 Å². The number of hydrogen-bond acceptors (Lipinski definition) is 3. The summed E-state index contributed by atoms with van der Waals surface area (Å²) in [5, 5.41) is 0. The third-order valence-electron chi connectivity index (χ3n) is 4.67. The van der Waals surface area contributed by atoms with Crippen molar-refractivity contribution in [2.24, 2.45) is 5.41 Å². The fourth-order valence-corrected chi connectivity index (χ4v) is 3.59. The molecule has 1 spiro atoms. The van der Waals surface area contributed by atoms with Crippen LogP contribution in [0.3, 0.4) is 0 Å². The van der Waals surface area contributed by atoms with Crippen molar-refractivity contribution in [3.8, 4) is 0 Å². The Hall–Kier alpha value is -1.84. The van der Waals surface area contributed by atoms with E-state index in [1.807, 2.05) is 13.0 Å². The molecule has 1 aromatic carbocycles. The third kappa shape index (κ3) is 1.90. The highest BCUT2D eigenvalue weighted by molar-refractivity contribution is 6.23. The third-order valence-corrected chi connectivity index (χ3v) is 4.67. The zero-order chi connectivity index (χ0) is 14.3. The normalized spacial score (nSPS) is 21.8. The van der Waals surface area contributed by atoms with Gasteiger partial charge in [-0.15, -0.1) is 0 Å². The van der Waals surface area contributed by atoms with Gasteiger partial charge in [-0.1, -0.05) is 19.3 Å². The number of rotatable bonds is 1. The molecule has 3 rings (SSSR count). The minimum Gasteiger partial charge on any atom is -0.399 e. The van der Waals surface area contributed by atoms with Crippen LogP contribution < -0.4 is 10.6 Å². The van der Waals surface area contributed by atoms with Gasteiger partial charge < -0.3 is 5.73 Å². The highest BCUT2D eigenvalue weighted by Crippen LogP contribution is 2.46. The van der Waals surface area contributed by atoms with Gasteiger partial charge in [0.25, 0.3) is 0 Å². The summed E-state index contributed by atoms with van der Waals surface area (Å²) in [7, 11) is 0. The maximum absolute atomic E-state index is 12.8. The lowest BCUT2D eigenvalue weighted by atomic mass is 9.73. The number of hydrogen-bond donors (Lipinski definition) is 1. The van der Waals surface area contributed by atoms with Crippen LogP contribution >= 0.6 is 0 Å². The first kappa shape index (κ1) is 13.2. The van der Waals surface area contributed by atoms with E-state index in [-0.39, 0.29) is 11.8 Å². The number of carbonyl (C=O) groups is 2. The summed E-state index contributed by atoms with van der Waals surface area (Å²) in [6.45, 7) is 1.89. The second-order valence-electron chi connectivity index (χ2n) is 6.10. The first-order valence-electron chi connectivity index (χ1n) is 7.27. The minimum absolute atomic E-state index is 0.00456. The van der Waals surface area contributed by atoms with E-state index in [0.717, 1.165) is 31.2 Å². The molecule has 4 heteroatoms. The summed E-state index contributed by atoms with van der Waals surface area (Å²) in [5.74, 6) is -0.0696. The van der Waals surface area contributed by atoms with Gasteiger partial charge in [-0.2, -0.15) is 0 Å². The molecule has 0 aromatic heterocycles. The molecule has 2 N–H and O–H groups in total. The standard InChI is InChI=1S/C16H20N2O2/c1-11-9-12(17)5-6-13(11)18-14(19)10-16(15(18)20)7-3-2-4-8-16/h5-6,9H,2-4,7-8,10,17H2,1H3. The van der Waals surface area contributed by atoms with Crippen molar-refractivity contribution >= 4 is 23.2 Å². The molecule has 0 unspecified atom stereocenters. The molecular formula is C16H20N2O2. The van der Waals surface area contributed by atoms with E-state index in [1.54, 1.807) is 12.1 Å². The Balaban J connectivity index is 1.98. The number of anilines is 2. The minimum atomic E-state index is -0.427. The van der Waals surface area contributed by atoms with E-state index >= 15 is 0 Å². The van der Waals surface area contributed by atoms with Crippen molar-refractivity contribution < 1.29 is 9.59 Å². The molecular weight excluding hydrogens is 252 g/mol. The topological polar surface area (TPSA) is 63.4 Å². The Kier molecular flexibility index (Phi) is 3.04. The van der Waals surface area contributed by atoms with E-state index in [1.165, 1.54) is 11.3 Å². The Morgan fingerprint density at radius 2 is 1.85 bits per heavy atom. The van der Waals surface area contributed by atoms with Crippen LogP contribution in [-0.2, 0) is 9.59 Å². The number of nitrogens with two attached hydrogens (primary N) is 1. The molecule has 1 saturated heterocycles. The highest BCUT2D eigenvalue weighted by atomic mass is 16.2. The van der Waals surface area contributed by atoms with Crippen molar-refractivity contribution in [2.75, 3.05) is 10.6 Å². The van der Waals surface area contributed by atoms with Crippen molar-refractivity contribution in [1.29, 1.82) is 0 Å². The van der Waals surface area contributed by atoms with Gasteiger partial charge in [0.05, 0.1) is 11.1 Å². The molecule has 4 nitrogen and oxygen atoms in total. The van der Waals surface area contributed by atoms with Crippen LogP contribution in [0.5, 0.6) is 0 Å². The smallest absolute Gasteiger partial charge is 0.240 e. The van der Waals surface area contributed by atoms with E-state index in [2.05, 4.69) is 0 Å². The van der Waals surface area contributed by atoms with Gasteiger partial charge in [-0.05, 0) is 43.5 Å². The lowest BCUT2D eigenvalue weighted by Crippen LogP contribution is -2.37. The van der Waals surface area contributed by atoms with E-state index < -0.39 is 5.41 Å². The Morgan fingerprint density at radius 3 is 2.50 bits per heavy atom. The Morgan fingerprint density at radius 1 is 1.15 bits per heavy atom. The zero-order valence-electron chi connectivity index (χ0n) is 11.8. The lowest BCUT2D eigenvalue weighted by molar-refractivity contribution is -0.127. The number of nitrogens with zero attached hydrogens (tertiary/aromatic N) is 1. The van der Waals surface area contributed by atoms with Crippen molar-refractivity contribution in [3.63, 3.8) is 0 Å². The summed E-state index contributed by atoms with van der Waals surface area (Å²) in [6, 6.07) is 5.33. The first-order chi connectivity index (χ1) is 9.53. The van der Waals surface area contributed by atoms with Gasteiger partial charge in [-0.25, -0.2) is 4.90 Å². The lowest BCUT2D eigenvalue weighted by Gasteiger charge is -2.30. The number of amides is 2. The van der Waals surface area contributed by atoms with Crippen molar-refractivity contribution in [3.05, 3.63) is 23.8 Å². The molecule has 1 aliphatic heterocycles. The van der Waals surface area contributed by atoms with Crippen LogP contribution in [0.4, 0.5) is 11.4 Å². The first-order valence-corrected chi connectivity index (χ1v) is 7.27. The molecule has 2 amide bonds. The van der Waals surface area contributed by atoms with Crippen LogP contribution in [0.25, 0.3) is 0 Å². The maximum Gasteiger partial charge on any atom is 0.240 e. The molecule has 1 aromatic rings. The average molecular weight is 272 g/mol. The van der Waals surface area contributed by atoms with Crippen LogP contribution in [0.15, 0.2) is 18.2 Å². The number of aryl methyl sites for hydroxylation is 1.